The van der Waals surface area contributed by atoms with Crippen LogP contribution in [-0.2, 0) is 4.79 Å². The van der Waals surface area contributed by atoms with Crippen molar-refractivity contribution in [3.63, 3.8) is 0 Å². The second-order valence-corrected chi connectivity index (χ2v) is 5.00. The molecular weight excluding hydrogens is 270 g/mol. The first-order chi connectivity index (χ1) is 10.1. The Hall–Kier alpha value is -2.30. The molecule has 0 saturated heterocycles. The summed E-state index contributed by atoms with van der Waals surface area (Å²) in [5.74, 6) is -0.849. The number of aliphatic carboxylic acids is 1. The number of carboxylic acids is 1. The van der Waals surface area contributed by atoms with E-state index in [1.807, 2.05) is 0 Å². The number of nitrogens with one attached hydrogen (secondary N) is 1. The molecule has 1 aromatic carbocycles. The first-order valence-electron chi connectivity index (χ1n) is 7.06. The van der Waals surface area contributed by atoms with Gasteiger partial charge in [0, 0.05) is 12.1 Å². The van der Waals surface area contributed by atoms with Crippen LogP contribution in [0.1, 0.15) is 36.0 Å². The van der Waals surface area contributed by atoms with E-state index in [1.54, 1.807) is 24.3 Å². The minimum Gasteiger partial charge on any atom is -0.482 e. The van der Waals surface area contributed by atoms with Crippen LogP contribution < -0.4 is 10.1 Å². The maximum absolute atomic E-state index is 12.1. The van der Waals surface area contributed by atoms with Crippen molar-refractivity contribution >= 4 is 11.9 Å². The number of carbonyl (C=O) groups is 2. The molecule has 21 heavy (non-hydrogen) atoms. The van der Waals surface area contributed by atoms with Gasteiger partial charge in [0.25, 0.3) is 5.91 Å². The van der Waals surface area contributed by atoms with Crippen molar-refractivity contribution in [3.05, 3.63) is 41.5 Å². The summed E-state index contributed by atoms with van der Waals surface area (Å²) in [7, 11) is 0. The number of hydrogen-bond acceptors (Lipinski definition) is 3. The monoisotopic (exact) mass is 289 g/mol. The van der Waals surface area contributed by atoms with Crippen LogP contribution in [0.2, 0.25) is 0 Å². The van der Waals surface area contributed by atoms with Crippen molar-refractivity contribution in [2.24, 2.45) is 0 Å². The van der Waals surface area contributed by atoms with E-state index < -0.39 is 12.6 Å². The molecule has 0 fully saturated rings. The molecule has 5 nitrogen and oxygen atoms in total. The number of carbonyl (C=O) groups excluding carboxylic acids is 1. The fourth-order valence-corrected chi connectivity index (χ4v) is 2.23. The molecule has 0 saturated carbocycles. The standard InChI is InChI=1S/C16H19NO4/c18-15(19)11-21-14-8-4-7-13(9-14)16(20)17-10-12-5-2-1-3-6-12/h4-5,7-9H,1-3,6,10-11H2,(H,17,20)(H,18,19). The molecular formula is C16H19NO4. The number of allylic oxidation sites excluding steroid dienone is 1. The number of rotatable bonds is 6. The Kier molecular flexibility index (Phi) is 5.37. The van der Waals surface area contributed by atoms with Crippen LogP contribution in [0.3, 0.4) is 0 Å². The summed E-state index contributed by atoms with van der Waals surface area (Å²) in [5.41, 5.74) is 1.74. The maximum Gasteiger partial charge on any atom is 0.341 e. The molecule has 2 N–H and O–H groups in total. The van der Waals surface area contributed by atoms with E-state index in [4.69, 9.17) is 9.84 Å². The quantitative estimate of drug-likeness (QED) is 0.788. The Labute approximate surface area is 123 Å². The summed E-state index contributed by atoms with van der Waals surface area (Å²) in [4.78, 5) is 22.5. The van der Waals surface area contributed by atoms with Crippen molar-refractivity contribution in [2.45, 2.75) is 25.7 Å². The largest absolute Gasteiger partial charge is 0.482 e. The molecule has 1 aliphatic carbocycles. The van der Waals surface area contributed by atoms with Crippen molar-refractivity contribution in [1.29, 1.82) is 0 Å². The highest BCUT2D eigenvalue weighted by Gasteiger charge is 2.09. The first-order valence-corrected chi connectivity index (χ1v) is 7.06. The zero-order chi connectivity index (χ0) is 15.1. The topological polar surface area (TPSA) is 75.6 Å². The van der Waals surface area contributed by atoms with Gasteiger partial charge in [0.1, 0.15) is 5.75 Å². The van der Waals surface area contributed by atoms with Crippen molar-refractivity contribution < 1.29 is 19.4 Å². The van der Waals surface area contributed by atoms with E-state index in [0.717, 1.165) is 12.8 Å². The third kappa shape index (κ3) is 4.95. The smallest absolute Gasteiger partial charge is 0.341 e. The predicted molar refractivity (Wildman–Crippen MR) is 78.5 cm³/mol. The summed E-state index contributed by atoms with van der Waals surface area (Å²) in [5, 5.41) is 11.5. The van der Waals surface area contributed by atoms with Gasteiger partial charge in [0.2, 0.25) is 0 Å². The molecule has 1 aromatic rings. The number of benzene rings is 1. The highest BCUT2D eigenvalue weighted by Crippen LogP contribution is 2.17. The van der Waals surface area contributed by atoms with Gasteiger partial charge in [-0.1, -0.05) is 17.7 Å². The second kappa shape index (κ2) is 7.47. The van der Waals surface area contributed by atoms with E-state index in [2.05, 4.69) is 11.4 Å². The summed E-state index contributed by atoms with van der Waals surface area (Å²) in [6, 6.07) is 6.53. The van der Waals surface area contributed by atoms with E-state index >= 15 is 0 Å². The Balaban J connectivity index is 1.90. The SMILES string of the molecule is O=C(O)COc1cccc(C(=O)NCC2=CCCCC2)c1. The van der Waals surface area contributed by atoms with Crippen molar-refractivity contribution in [1.82, 2.24) is 5.32 Å². The molecule has 2 rings (SSSR count). The molecule has 1 aliphatic rings. The van der Waals surface area contributed by atoms with Crippen molar-refractivity contribution in [3.8, 4) is 5.75 Å². The zero-order valence-electron chi connectivity index (χ0n) is 11.8. The highest BCUT2D eigenvalue weighted by molar-refractivity contribution is 5.94. The summed E-state index contributed by atoms with van der Waals surface area (Å²) >= 11 is 0. The van der Waals surface area contributed by atoms with Gasteiger partial charge < -0.3 is 15.2 Å². The van der Waals surface area contributed by atoms with Gasteiger partial charge in [-0.05, 0) is 43.9 Å². The molecule has 0 heterocycles. The van der Waals surface area contributed by atoms with Gasteiger partial charge in [-0.2, -0.15) is 0 Å². The molecule has 0 radical (unpaired) electrons. The lowest BCUT2D eigenvalue weighted by molar-refractivity contribution is -0.139. The molecule has 0 aliphatic heterocycles. The van der Waals surface area contributed by atoms with Gasteiger partial charge in [0.05, 0.1) is 0 Å². The molecule has 0 unspecified atom stereocenters. The molecule has 0 atom stereocenters. The van der Waals surface area contributed by atoms with E-state index in [0.29, 0.717) is 17.9 Å². The Bertz CT molecular complexity index is 551. The number of amides is 1. The molecule has 0 aromatic heterocycles. The average Bonchev–Trinajstić information content (AvgIpc) is 2.52. The van der Waals surface area contributed by atoms with E-state index in [9.17, 15) is 9.59 Å². The van der Waals surface area contributed by atoms with Gasteiger partial charge in [-0.15, -0.1) is 0 Å². The third-order valence-corrected chi connectivity index (χ3v) is 3.32. The predicted octanol–water partition coefficient (Wildman–Crippen LogP) is 2.38. The fourth-order valence-electron chi connectivity index (χ4n) is 2.23. The van der Waals surface area contributed by atoms with Crippen LogP contribution in [0.4, 0.5) is 0 Å². The van der Waals surface area contributed by atoms with E-state index in [-0.39, 0.29) is 5.91 Å². The lowest BCUT2D eigenvalue weighted by Gasteiger charge is -2.13. The van der Waals surface area contributed by atoms with Gasteiger partial charge >= 0.3 is 5.97 Å². The lowest BCUT2D eigenvalue weighted by atomic mass is 9.99. The molecule has 5 heteroatoms. The minimum atomic E-state index is -1.05. The fraction of sp³-hybridized carbons (Fsp3) is 0.375. The van der Waals surface area contributed by atoms with Gasteiger partial charge in [-0.3, -0.25) is 4.79 Å². The minimum absolute atomic E-state index is 0.178. The lowest BCUT2D eigenvalue weighted by Crippen LogP contribution is -2.26. The molecule has 112 valence electrons. The Morgan fingerprint density at radius 2 is 2.14 bits per heavy atom. The summed E-state index contributed by atoms with van der Waals surface area (Å²) < 4.78 is 5.06. The number of ether oxygens (including phenoxy) is 1. The maximum atomic E-state index is 12.1. The van der Waals surface area contributed by atoms with Crippen LogP contribution in [-0.4, -0.2) is 30.1 Å². The summed E-state index contributed by atoms with van der Waals surface area (Å²) in [6.45, 7) is 0.150. The van der Waals surface area contributed by atoms with Crippen molar-refractivity contribution in [2.75, 3.05) is 13.2 Å². The first kappa shape index (κ1) is 15.1. The highest BCUT2D eigenvalue weighted by atomic mass is 16.5. The molecule has 0 spiro atoms. The Morgan fingerprint density at radius 1 is 1.29 bits per heavy atom. The van der Waals surface area contributed by atoms with Crippen LogP contribution in [0.5, 0.6) is 5.75 Å². The summed E-state index contributed by atoms with van der Waals surface area (Å²) in [6.07, 6.45) is 6.72. The van der Waals surface area contributed by atoms with Crippen LogP contribution in [0.15, 0.2) is 35.9 Å². The second-order valence-electron chi connectivity index (χ2n) is 5.00. The average molecular weight is 289 g/mol. The normalized spacial score (nSPS) is 14.2. The third-order valence-electron chi connectivity index (χ3n) is 3.32. The van der Waals surface area contributed by atoms with Gasteiger partial charge in [0.15, 0.2) is 6.61 Å². The van der Waals surface area contributed by atoms with Gasteiger partial charge in [-0.25, -0.2) is 4.79 Å². The van der Waals surface area contributed by atoms with Crippen LogP contribution in [0, 0.1) is 0 Å². The number of carboxylic acid groups (broad SMARTS) is 1. The zero-order valence-corrected chi connectivity index (χ0v) is 11.8. The number of hydrogen-bond donors (Lipinski definition) is 2. The Morgan fingerprint density at radius 3 is 2.86 bits per heavy atom. The molecule has 0 bridgehead atoms. The molecule has 1 amide bonds. The van der Waals surface area contributed by atoms with E-state index in [1.165, 1.54) is 18.4 Å². The van der Waals surface area contributed by atoms with Crippen LogP contribution >= 0.6 is 0 Å². The van der Waals surface area contributed by atoms with Crippen LogP contribution in [0.25, 0.3) is 0 Å².